The summed E-state index contributed by atoms with van der Waals surface area (Å²) < 4.78 is 26.2. The number of hydrogen-bond donors (Lipinski definition) is 1. The van der Waals surface area contributed by atoms with E-state index in [4.69, 9.17) is 16.9 Å². The van der Waals surface area contributed by atoms with Gasteiger partial charge in [-0.05, 0) is 30.3 Å². The molecule has 3 nitrogen and oxygen atoms in total. The number of amides is 1. The predicted octanol–water partition coefficient (Wildman–Crippen LogP) is 4.22. The molecule has 112 valence electrons. The van der Waals surface area contributed by atoms with Gasteiger partial charge in [-0.25, -0.2) is 8.78 Å². The van der Waals surface area contributed by atoms with Gasteiger partial charge < -0.3 is 5.32 Å². The van der Waals surface area contributed by atoms with E-state index in [9.17, 15) is 13.6 Å². The summed E-state index contributed by atoms with van der Waals surface area (Å²) in [6, 6.07) is 9.58. The number of halogens is 3. The quantitative estimate of drug-likeness (QED) is 0.849. The normalized spacial score (nSPS) is 10.1. The van der Waals surface area contributed by atoms with Crippen molar-refractivity contribution in [2.75, 3.05) is 11.1 Å². The summed E-state index contributed by atoms with van der Waals surface area (Å²) in [4.78, 5) is 12.0. The van der Waals surface area contributed by atoms with Crippen molar-refractivity contribution in [3.63, 3.8) is 0 Å². The van der Waals surface area contributed by atoms with E-state index in [1.807, 2.05) is 6.07 Å². The first-order chi connectivity index (χ1) is 10.5. The molecule has 2 aromatic rings. The van der Waals surface area contributed by atoms with E-state index < -0.39 is 11.6 Å². The van der Waals surface area contributed by atoms with Crippen LogP contribution in [0.2, 0.25) is 5.02 Å². The lowest BCUT2D eigenvalue weighted by atomic mass is 10.2. The number of nitrogens with one attached hydrogen (secondary N) is 1. The standard InChI is InChI=1S/C15H9ClF2N2OS/c16-12-6-11(3-1-9(12)7-19)20-15(21)8-22-14-4-2-10(17)5-13(14)18/h1-6H,8H2,(H,20,21). The smallest absolute Gasteiger partial charge is 0.234 e. The number of rotatable bonds is 4. The number of thioether (sulfide) groups is 1. The van der Waals surface area contributed by atoms with Crippen molar-refractivity contribution in [1.82, 2.24) is 0 Å². The fraction of sp³-hybridized carbons (Fsp3) is 0.0667. The number of anilines is 1. The molecule has 0 saturated carbocycles. The fourth-order valence-electron chi connectivity index (χ4n) is 1.62. The Morgan fingerprint density at radius 3 is 2.68 bits per heavy atom. The third-order valence-electron chi connectivity index (χ3n) is 2.63. The molecule has 7 heteroatoms. The molecule has 0 heterocycles. The second-order valence-corrected chi connectivity index (χ2v) is 5.64. The van der Waals surface area contributed by atoms with E-state index in [0.29, 0.717) is 11.3 Å². The van der Waals surface area contributed by atoms with Crippen molar-refractivity contribution in [2.45, 2.75) is 4.90 Å². The molecule has 0 unspecified atom stereocenters. The molecule has 0 bridgehead atoms. The zero-order chi connectivity index (χ0) is 16.1. The Balaban J connectivity index is 1.96. The highest BCUT2D eigenvalue weighted by atomic mass is 35.5. The molecule has 0 aromatic heterocycles. The van der Waals surface area contributed by atoms with Gasteiger partial charge in [0.05, 0.1) is 16.3 Å². The van der Waals surface area contributed by atoms with Crippen molar-refractivity contribution >= 4 is 35.0 Å². The molecule has 0 fully saturated rings. The van der Waals surface area contributed by atoms with Crippen LogP contribution < -0.4 is 5.32 Å². The number of hydrogen-bond acceptors (Lipinski definition) is 3. The topological polar surface area (TPSA) is 52.9 Å². The van der Waals surface area contributed by atoms with Crippen LogP contribution >= 0.6 is 23.4 Å². The fourth-order valence-corrected chi connectivity index (χ4v) is 2.56. The first-order valence-corrected chi connectivity index (χ1v) is 7.43. The van der Waals surface area contributed by atoms with Crippen molar-refractivity contribution in [3.8, 4) is 6.07 Å². The summed E-state index contributed by atoms with van der Waals surface area (Å²) in [5.41, 5.74) is 0.747. The van der Waals surface area contributed by atoms with Crippen LogP contribution in [0.25, 0.3) is 0 Å². The van der Waals surface area contributed by atoms with Crippen LogP contribution in [-0.2, 0) is 4.79 Å². The average molecular weight is 339 g/mol. The number of benzene rings is 2. The van der Waals surface area contributed by atoms with Crippen LogP contribution in [0.1, 0.15) is 5.56 Å². The minimum absolute atomic E-state index is 0.0415. The summed E-state index contributed by atoms with van der Waals surface area (Å²) in [5, 5.41) is 11.6. The minimum Gasteiger partial charge on any atom is -0.325 e. The van der Waals surface area contributed by atoms with Crippen molar-refractivity contribution in [2.24, 2.45) is 0 Å². The van der Waals surface area contributed by atoms with Gasteiger partial charge in [-0.2, -0.15) is 5.26 Å². The summed E-state index contributed by atoms with van der Waals surface area (Å²) in [5.74, 6) is -1.78. The molecule has 0 aliphatic carbocycles. The van der Waals surface area contributed by atoms with Gasteiger partial charge in [-0.3, -0.25) is 4.79 Å². The summed E-state index contributed by atoms with van der Waals surface area (Å²) in [6.07, 6.45) is 0. The van der Waals surface area contributed by atoms with Crippen LogP contribution in [0.4, 0.5) is 14.5 Å². The SMILES string of the molecule is N#Cc1ccc(NC(=O)CSc2ccc(F)cc2F)cc1Cl. The lowest BCUT2D eigenvalue weighted by Gasteiger charge is -2.07. The Morgan fingerprint density at radius 2 is 2.05 bits per heavy atom. The highest BCUT2D eigenvalue weighted by molar-refractivity contribution is 8.00. The summed E-state index contributed by atoms with van der Waals surface area (Å²) in [7, 11) is 0. The third-order valence-corrected chi connectivity index (χ3v) is 3.99. The molecule has 2 rings (SSSR count). The van der Waals surface area contributed by atoms with Crippen molar-refractivity contribution < 1.29 is 13.6 Å². The van der Waals surface area contributed by atoms with Gasteiger partial charge >= 0.3 is 0 Å². The van der Waals surface area contributed by atoms with Gasteiger partial charge in [-0.15, -0.1) is 11.8 Å². The Hall–Kier alpha value is -2.10. The minimum atomic E-state index is -0.709. The van der Waals surface area contributed by atoms with Gasteiger partial charge in [-0.1, -0.05) is 11.6 Å². The van der Waals surface area contributed by atoms with Crippen LogP contribution in [0.3, 0.4) is 0 Å². The van der Waals surface area contributed by atoms with E-state index in [-0.39, 0.29) is 21.6 Å². The maximum atomic E-state index is 13.4. The van der Waals surface area contributed by atoms with Gasteiger partial charge in [0.15, 0.2) is 0 Å². The first-order valence-electron chi connectivity index (χ1n) is 6.07. The van der Waals surface area contributed by atoms with Crippen LogP contribution in [-0.4, -0.2) is 11.7 Å². The monoisotopic (exact) mass is 338 g/mol. The Morgan fingerprint density at radius 1 is 1.27 bits per heavy atom. The highest BCUT2D eigenvalue weighted by Gasteiger charge is 2.09. The zero-order valence-corrected chi connectivity index (χ0v) is 12.6. The maximum Gasteiger partial charge on any atom is 0.234 e. The summed E-state index contributed by atoms with van der Waals surface area (Å²) in [6.45, 7) is 0. The van der Waals surface area contributed by atoms with Crippen molar-refractivity contribution in [1.29, 1.82) is 5.26 Å². The molecule has 0 aliphatic rings. The Kier molecular flexibility index (Phi) is 5.36. The van der Waals surface area contributed by atoms with Crippen LogP contribution in [0.5, 0.6) is 0 Å². The Bertz CT molecular complexity index is 762. The van der Waals surface area contributed by atoms with E-state index in [1.165, 1.54) is 18.2 Å². The van der Waals surface area contributed by atoms with Gasteiger partial charge in [0.25, 0.3) is 0 Å². The lowest BCUT2D eigenvalue weighted by molar-refractivity contribution is -0.113. The molecule has 1 amide bonds. The molecule has 0 spiro atoms. The highest BCUT2D eigenvalue weighted by Crippen LogP contribution is 2.23. The molecule has 2 aromatic carbocycles. The number of nitriles is 1. The molecule has 0 atom stereocenters. The Labute approximate surface area is 134 Å². The predicted molar refractivity (Wildman–Crippen MR) is 81.9 cm³/mol. The lowest BCUT2D eigenvalue weighted by Crippen LogP contribution is -2.14. The molecule has 0 saturated heterocycles. The van der Waals surface area contributed by atoms with E-state index >= 15 is 0 Å². The molecular formula is C15H9ClF2N2OS. The van der Waals surface area contributed by atoms with E-state index in [1.54, 1.807) is 6.07 Å². The number of nitrogens with zero attached hydrogens (tertiary/aromatic N) is 1. The van der Waals surface area contributed by atoms with Crippen LogP contribution in [0.15, 0.2) is 41.3 Å². The maximum absolute atomic E-state index is 13.4. The summed E-state index contributed by atoms with van der Waals surface area (Å²) >= 11 is 6.81. The number of carbonyl (C=O) groups is 1. The van der Waals surface area contributed by atoms with Crippen molar-refractivity contribution in [3.05, 3.63) is 58.6 Å². The first kappa shape index (κ1) is 16.3. The molecule has 1 N–H and O–H groups in total. The second kappa shape index (κ2) is 7.25. The largest absolute Gasteiger partial charge is 0.325 e. The van der Waals surface area contributed by atoms with Gasteiger partial charge in [0.2, 0.25) is 5.91 Å². The molecule has 22 heavy (non-hydrogen) atoms. The van der Waals surface area contributed by atoms with E-state index in [0.717, 1.165) is 23.9 Å². The van der Waals surface area contributed by atoms with Gasteiger partial charge in [0.1, 0.15) is 17.7 Å². The third kappa shape index (κ3) is 4.20. The second-order valence-electron chi connectivity index (χ2n) is 4.22. The van der Waals surface area contributed by atoms with E-state index in [2.05, 4.69) is 5.32 Å². The number of carbonyl (C=O) groups excluding carboxylic acids is 1. The van der Waals surface area contributed by atoms with Gasteiger partial charge in [0, 0.05) is 16.6 Å². The molecule has 0 aliphatic heterocycles. The molecular weight excluding hydrogens is 330 g/mol. The average Bonchev–Trinajstić information content (AvgIpc) is 2.46. The zero-order valence-electron chi connectivity index (χ0n) is 11.1. The molecule has 0 radical (unpaired) electrons. The van der Waals surface area contributed by atoms with Crippen LogP contribution in [0, 0.1) is 23.0 Å².